The van der Waals surface area contributed by atoms with Gasteiger partial charge in [-0.25, -0.2) is 9.78 Å². The number of rotatable bonds is 4. The van der Waals surface area contributed by atoms with Crippen molar-refractivity contribution >= 4 is 17.0 Å². The van der Waals surface area contributed by atoms with Gasteiger partial charge in [0, 0.05) is 12.5 Å². The van der Waals surface area contributed by atoms with E-state index in [1.807, 2.05) is 12.1 Å². The molecule has 1 N–H and O–H groups in total. The lowest BCUT2D eigenvalue weighted by Gasteiger charge is -2.10. The number of carbonyl (C=O) groups is 1. The van der Waals surface area contributed by atoms with E-state index in [2.05, 4.69) is 30.3 Å². The molecule has 20 heavy (non-hydrogen) atoms. The van der Waals surface area contributed by atoms with Gasteiger partial charge in [0.1, 0.15) is 11.3 Å². The number of benzene rings is 1. The quantitative estimate of drug-likeness (QED) is 0.924. The summed E-state index contributed by atoms with van der Waals surface area (Å²) < 4.78 is 2.27. The number of fused-ring (bicyclic) bond motifs is 1. The van der Waals surface area contributed by atoms with E-state index < -0.39 is 5.97 Å². The number of carboxylic acids is 1. The summed E-state index contributed by atoms with van der Waals surface area (Å²) in [6.45, 7) is 6.63. The topological polar surface area (TPSA) is 55.1 Å². The van der Waals surface area contributed by atoms with Crippen molar-refractivity contribution < 1.29 is 9.90 Å². The Balaban J connectivity index is 2.23. The number of aromatic carboxylic acids is 1. The first-order chi connectivity index (χ1) is 9.45. The van der Waals surface area contributed by atoms with Crippen LogP contribution >= 0.6 is 0 Å². The molecular weight excluding hydrogens is 252 g/mol. The van der Waals surface area contributed by atoms with Gasteiger partial charge in [0.2, 0.25) is 0 Å². The van der Waals surface area contributed by atoms with Crippen LogP contribution in [0.4, 0.5) is 0 Å². The van der Waals surface area contributed by atoms with Crippen molar-refractivity contribution in [2.75, 3.05) is 0 Å². The third kappa shape index (κ3) is 1.90. The molecule has 106 valence electrons. The van der Waals surface area contributed by atoms with E-state index in [1.165, 1.54) is 0 Å². The van der Waals surface area contributed by atoms with Crippen LogP contribution in [0.25, 0.3) is 11.0 Å². The van der Waals surface area contributed by atoms with Crippen molar-refractivity contribution in [2.45, 2.75) is 46.1 Å². The molecule has 2 aromatic rings. The van der Waals surface area contributed by atoms with Crippen LogP contribution in [-0.2, 0) is 6.42 Å². The number of hydrogen-bond donors (Lipinski definition) is 1. The second-order valence-electron chi connectivity index (χ2n) is 6.33. The molecule has 3 rings (SSSR count). The molecule has 4 heteroatoms. The molecule has 0 spiro atoms. The molecule has 1 saturated carbocycles. The number of imidazole rings is 1. The van der Waals surface area contributed by atoms with Crippen molar-refractivity contribution in [3.8, 4) is 0 Å². The van der Waals surface area contributed by atoms with Gasteiger partial charge in [-0.05, 0) is 30.4 Å². The van der Waals surface area contributed by atoms with Crippen LogP contribution in [0, 0.1) is 5.41 Å². The first-order valence-corrected chi connectivity index (χ1v) is 7.19. The molecule has 0 bridgehead atoms. The summed E-state index contributed by atoms with van der Waals surface area (Å²) in [6, 6.07) is 5.88. The fourth-order valence-corrected chi connectivity index (χ4v) is 2.97. The van der Waals surface area contributed by atoms with Crippen molar-refractivity contribution in [1.82, 2.24) is 9.55 Å². The minimum Gasteiger partial charge on any atom is -0.478 e. The third-order valence-electron chi connectivity index (χ3n) is 4.27. The van der Waals surface area contributed by atoms with Gasteiger partial charge in [0.05, 0.1) is 11.1 Å². The Kier molecular flexibility index (Phi) is 2.85. The maximum absolute atomic E-state index is 11.4. The molecule has 1 aromatic carbocycles. The highest BCUT2D eigenvalue weighted by Gasteiger charge is 2.48. The Hall–Kier alpha value is -1.84. The van der Waals surface area contributed by atoms with Crippen molar-refractivity contribution in [3.05, 3.63) is 29.6 Å². The summed E-state index contributed by atoms with van der Waals surface area (Å²) in [5, 5.41) is 9.32. The molecule has 0 radical (unpaired) electrons. The lowest BCUT2D eigenvalue weighted by Crippen LogP contribution is -2.05. The summed E-state index contributed by atoms with van der Waals surface area (Å²) in [7, 11) is 0. The number of aryl methyl sites for hydroxylation is 1. The molecule has 1 aromatic heterocycles. The predicted octanol–water partition coefficient (Wildman–Crippen LogP) is 3.66. The van der Waals surface area contributed by atoms with E-state index in [-0.39, 0.29) is 5.41 Å². The SMILES string of the molecule is CCCc1nc2c(C(=O)O)cccc2n1C1CC1(C)C. The van der Waals surface area contributed by atoms with Crippen molar-refractivity contribution in [3.63, 3.8) is 0 Å². The number of carboxylic acid groups (broad SMARTS) is 1. The Labute approximate surface area is 118 Å². The zero-order valence-corrected chi connectivity index (χ0v) is 12.2. The highest BCUT2D eigenvalue weighted by molar-refractivity contribution is 6.01. The van der Waals surface area contributed by atoms with Crippen LogP contribution in [0.5, 0.6) is 0 Å². The largest absolute Gasteiger partial charge is 0.478 e. The second kappa shape index (κ2) is 4.33. The lowest BCUT2D eigenvalue weighted by atomic mass is 10.1. The maximum Gasteiger partial charge on any atom is 0.337 e. The molecule has 1 aliphatic carbocycles. The van der Waals surface area contributed by atoms with E-state index in [0.717, 1.165) is 30.6 Å². The van der Waals surface area contributed by atoms with Gasteiger partial charge in [-0.2, -0.15) is 0 Å². The van der Waals surface area contributed by atoms with Gasteiger partial charge in [-0.15, -0.1) is 0 Å². The van der Waals surface area contributed by atoms with E-state index in [1.54, 1.807) is 6.07 Å². The second-order valence-corrected chi connectivity index (χ2v) is 6.33. The van der Waals surface area contributed by atoms with Gasteiger partial charge in [-0.3, -0.25) is 0 Å². The molecule has 4 nitrogen and oxygen atoms in total. The Morgan fingerprint density at radius 3 is 2.75 bits per heavy atom. The minimum absolute atomic E-state index is 0.287. The summed E-state index contributed by atoms with van der Waals surface area (Å²) in [6.07, 6.45) is 3.03. The van der Waals surface area contributed by atoms with Gasteiger partial charge in [0.25, 0.3) is 0 Å². The van der Waals surface area contributed by atoms with E-state index in [9.17, 15) is 9.90 Å². The molecule has 1 aliphatic rings. The molecule has 1 fully saturated rings. The smallest absolute Gasteiger partial charge is 0.337 e. The average Bonchev–Trinajstić information content (AvgIpc) is 2.84. The molecule has 0 amide bonds. The third-order valence-corrected chi connectivity index (χ3v) is 4.27. The van der Waals surface area contributed by atoms with Crippen LogP contribution in [0.1, 0.15) is 55.8 Å². The molecule has 0 saturated heterocycles. The summed E-state index contributed by atoms with van der Waals surface area (Å²) in [5.74, 6) is 0.116. The number of nitrogens with zero attached hydrogens (tertiary/aromatic N) is 2. The van der Waals surface area contributed by atoms with Crippen LogP contribution in [0.2, 0.25) is 0 Å². The predicted molar refractivity (Wildman–Crippen MR) is 78.1 cm³/mol. The van der Waals surface area contributed by atoms with Crippen LogP contribution in [0.15, 0.2) is 18.2 Å². The number of aromatic nitrogens is 2. The number of para-hydroxylation sites is 1. The Bertz CT molecular complexity index is 685. The normalized spacial score (nSPS) is 20.2. The van der Waals surface area contributed by atoms with Crippen LogP contribution in [-0.4, -0.2) is 20.6 Å². The zero-order chi connectivity index (χ0) is 14.5. The average molecular weight is 272 g/mol. The zero-order valence-electron chi connectivity index (χ0n) is 12.2. The molecule has 1 unspecified atom stereocenters. The fourth-order valence-electron chi connectivity index (χ4n) is 2.97. The van der Waals surface area contributed by atoms with E-state index in [0.29, 0.717) is 17.1 Å². The highest BCUT2D eigenvalue weighted by Crippen LogP contribution is 2.56. The summed E-state index contributed by atoms with van der Waals surface area (Å²) in [5.41, 5.74) is 2.18. The summed E-state index contributed by atoms with van der Waals surface area (Å²) in [4.78, 5) is 16.0. The van der Waals surface area contributed by atoms with Crippen molar-refractivity contribution in [1.29, 1.82) is 0 Å². The Morgan fingerprint density at radius 2 is 2.20 bits per heavy atom. The van der Waals surface area contributed by atoms with Gasteiger partial charge in [0.15, 0.2) is 0 Å². The van der Waals surface area contributed by atoms with Crippen LogP contribution in [0.3, 0.4) is 0 Å². The standard InChI is InChI=1S/C16H20N2O2/c1-4-6-13-17-14-10(15(19)20)7-5-8-11(14)18(13)12-9-16(12,2)3/h5,7-8,12H,4,6,9H2,1-3H3,(H,19,20). The first-order valence-electron chi connectivity index (χ1n) is 7.19. The Morgan fingerprint density at radius 1 is 1.50 bits per heavy atom. The van der Waals surface area contributed by atoms with Gasteiger partial charge >= 0.3 is 5.97 Å². The van der Waals surface area contributed by atoms with Crippen LogP contribution < -0.4 is 0 Å². The summed E-state index contributed by atoms with van der Waals surface area (Å²) >= 11 is 0. The van der Waals surface area contributed by atoms with E-state index in [4.69, 9.17) is 0 Å². The van der Waals surface area contributed by atoms with Gasteiger partial charge in [-0.1, -0.05) is 26.8 Å². The maximum atomic E-state index is 11.4. The first kappa shape index (κ1) is 13.2. The lowest BCUT2D eigenvalue weighted by molar-refractivity contribution is 0.0699. The monoisotopic (exact) mass is 272 g/mol. The van der Waals surface area contributed by atoms with Gasteiger partial charge < -0.3 is 9.67 Å². The fraction of sp³-hybridized carbons (Fsp3) is 0.500. The molecule has 1 atom stereocenters. The number of hydrogen-bond acceptors (Lipinski definition) is 2. The molecule has 1 heterocycles. The minimum atomic E-state index is -0.904. The highest BCUT2D eigenvalue weighted by atomic mass is 16.4. The molecule has 0 aliphatic heterocycles. The van der Waals surface area contributed by atoms with Crippen molar-refractivity contribution in [2.24, 2.45) is 5.41 Å². The van der Waals surface area contributed by atoms with E-state index >= 15 is 0 Å². The molecular formula is C16H20N2O2.